The van der Waals surface area contributed by atoms with E-state index >= 15 is 0 Å². The van der Waals surface area contributed by atoms with Crippen molar-refractivity contribution < 1.29 is 14.5 Å². The summed E-state index contributed by atoms with van der Waals surface area (Å²) in [5.74, 6) is -0.101. The smallest absolute Gasteiger partial charge is 0.333 e. The zero-order valence-corrected chi connectivity index (χ0v) is 11.5. The summed E-state index contributed by atoms with van der Waals surface area (Å²) >= 11 is 0. The first-order valence-electron chi connectivity index (χ1n) is 6.00. The Morgan fingerprint density at radius 1 is 1.53 bits per heavy atom. The van der Waals surface area contributed by atoms with Gasteiger partial charge in [0.1, 0.15) is 12.2 Å². The molecule has 0 unspecified atom stereocenters. The number of nitrogens with zero attached hydrogens (tertiary/aromatic N) is 4. The molecular formula is C11H18N4O4. The van der Waals surface area contributed by atoms with Gasteiger partial charge in [-0.2, -0.15) is 5.10 Å². The van der Waals surface area contributed by atoms with Gasteiger partial charge in [0.25, 0.3) is 0 Å². The average Bonchev–Trinajstić information content (AvgIpc) is 2.61. The van der Waals surface area contributed by atoms with Crippen molar-refractivity contribution in [3.05, 3.63) is 15.8 Å². The number of carbonyl (C=O) groups is 1. The Labute approximate surface area is 111 Å². The number of ether oxygens (including phenoxy) is 1. The molecule has 0 spiro atoms. The number of aromatic nitrogens is 2. The highest BCUT2D eigenvalue weighted by molar-refractivity contribution is 5.77. The Hall–Kier alpha value is -2.12. The van der Waals surface area contributed by atoms with Crippen molar-refractivity contribution in [1.29, 1.82) is 0 Å². The minimum Gasteiger partial charge on any atom is -0.465 e. The lowest BCUT2D eigenvalue weighted by molar-refractivity contribution is -0.384. The zero-order valence-electron chi connectivity index (χ0n) is 11.5. The van der Waals surface area contributed by atoms with Gasteiger partial charge in [-0.15, -0.1) is 0 Å². The summed E-state index contributed by atoms with van der Waals surface area (Å²) in [6.07, 6.45) is 0. The average molecular weight is 270 g/mol. The highest BCUT2D eigenvalue weighted by atomic mass is 16.6. The maximum atomic E-state index is 11.5. The Morgan fingerprint density at radius 2 is 2.16 bits per heavy atom. The Balaban J connectivity index is 3.11. The number of hydrogen-bond acceptors (Lipinski definition) is 6. The minimum atomic E-state index is -0.481. The van der Waals surface area contributed by atoms with E-state index in [1.807, 2.05) is 6.92 Å². The van der Waals surface area contributed by atoms with Gasteiger partial charge < -0.3 is 9.64 Å². The molecule has 0 aliphatic heterocycles. The Morgan fingerprint density at radius 3 is 2.63 bits per heavy atom. The zero-order chi connectivity index (χ0) is 14.6. The van der Waals surface area contributed by atoms with Gasteiger partial charge in [0.15, 0.2) is 0 Å². The van der Waals surface area contributed by atoms with Gasteiger partial charge in [0.2, 0.25) is 5.82 Å². The summed E-state index contributed by atoms with van der Waals surface area (Å²) < 4.78 is 6.28. The lowest BCUT2D eigenvalue weighted by atomic mass is 10.3. The van der Waals surface area contributed by atoms with Crippen LogP contribution >= 0.6 is 0 Å². The van der Waals surface area contributed by atoms with E-state index in [4.69, 9.17) is 4.74 Å². The normalized spacial score (nSPS) is 10.3. The number of likely N-dealkylation sites (N-methyl/N-ethyl adjacent to an activating group) is 1. The molecule has 0 bridgehead atoms. The quantitative estimate of drug-likeness (QED) is 0.435. The molecule has 0 saturated heterocycles. The third kappa shape index (κ3) is 3.21. The fourth-order valence-electron chi connectivity index (χ4n) is 1.90. The van der Waals surface area contributed by atoms with Gasteiger partial charge in [0, 0.05) is 13.6 Å². The van der Waals surface area contributed by atoms with Crippen molar-refractivity contribution in [2.45, 2.75) is 20.8 Å². The van der Waals surface area contributed by atoms with Crippen LogP contribution in [0.3, 0.4) is 0 Å². The third-order valence-corrected chi connectivity index (χ3v) is 2.65. The van der Waals surface area contributed by atoms with Gasteiger partial charge in [0.05, 0.1) is 11.5 Å². The predicted octanol–water partition coefficient (Wildman–Crippen LogP) is 1.03. The molecular weight excluding hydrogens is 252 g/mol. The van der Waals surface area contributed by atoms with E-state index in [2.05, 4.69) is 5.10 Å². The lowest BCUT2D eigenvalue weighted by Gasteiger charge is -2.20. The molecule has 1 heterocycles. The van der Waals surface area contributed by atoms with Crippen LogP contribution in [-0.2, 0) is 16.6 Å². The van der Waals surface area contributed by atoms with Crippen molar-refractivity contribution >= 4 is 17.5 Å². The molecule has 1 rings (SSSR count). The van der Waals surface area contributed by atoms with Crippen LogP contribution in [0, 0.1) is 17.0 Å². The van der Waals surface area contributed by atoms with Crippen molar-refractivity contribution in [3.8, 4) is 0 Å². The Kier molecular flexibility index (Phi) is 4.85. The second kappa shape index (κ2) is 6.17. The highest BCUT2D eigenvalue weighted by Crippen LogP contribution is 2.30. The SMILES string of the molecule is CCOC(=O)CN(CC)c1c([N+](=O)[O-])c(C)nn1C. The van der Waals surface area contributed by atoms with Gasteiger partial charge in [-0.05, 0) is 20.8 Å². The number of hydrogen-bond donors (Lipinski definition) is 0. The van der Waals surface area contributed by atoms with Gasteiger partial charge >= 0.3 is 11.7 Å². The molecule has 0 aromatic carbocycles. The van der Waals surface area contributed by atoms with E-state index in [1.165, 1.54) is 4.68 Å². The summed E-state index contributed by atoms with van der Waals surface area (Å²) in [5.41, 5.74) is 0.249. The monoisotopic (exact) mass is 270 g/mol. The van der Waals surface area contributed by atoms with Crippen molar-refractivity contribution in [2.75, 3.05) is 24.6 Å². The number of rotatable bonds is 6. The molecule has 1 aromatic heterocycles. The van der Waals surface area contributed by atoms with Crippen LogP contribution in [0.25, 0.3) is 0 Å². The predicted molar refractivity (Wildman–Crippen MR) is 69.1 cm³/mol. The molecule has 106 valence electrons. The molecule has 19 heavy (non-hydrogen) atoms. The highest BCUT2D eigenvalue weighted by Gasteiger charge is 2.28. The molecule has 0 atom stereocenters. The fourth-order valence-corrected chi connectivity index (χ4v) is 1.90. The third-order valence-electron chi connectivity index (χ3n) is 2.65. The first kappa shape index (κ1) is 14.9. The Bertz CT molecular complexity index is 483. The second-order valence-corrected chi connectivity index (χ2v) is 3.96. The summed E-state index contributed by atoms with van der Waals surface area (Å²) in [4.78, 5) is 23.7. The van der Waals surface area contributed by atoms with Gasteiger partial charge in [-0.3, -0.25) is 14.9 Å². The molecule has 0 saturated carbocycles. The maximum Gasteiger partial charge on any atom is 0.333 e. The molecule has 0 aliphatic carbocycles. The number of esters is 1. The van der Waals surface area contributed by atoms with Crippen LogP contribution in [0.4, 0.5) is 11.5 Å². The van der Waals surface area contributed by atoms with Crippen LogP contribution in [0.2, 0.25) is 0 Å². The summed E-state index contributed by atoms with van der Waals surface area (Å²) in [6.45, 7) is 5.78. The van der Waals surface area contributed by atoms with Crippen LogP contribution in [0.1, 0.15) is 19.5 Å². The largest absolute Gasteiger partial charge is 0.465 e. The van der Waals surface area contributed by atoms with Crippen LogP contribution in [0.5, 0.6) is 0 Å². The summed E-state index contributed by atoms with van der Waals surface area (Å²) in [5, 5.41) is 15.1. The molecule has 0 aliphatic rings. The summed E-state index contributed by atoms with van der Waals surface area (Å²) in [6, 6.07) is 0. The van der Waals surface area contributed by atoms with E-state index in [0.717, 1.165) is 0 Å². The number of carbonyl (C=O) groups excluding carboxylic acids is 1. The lowest BCUT2D eigenvalue weighted by Crippen LogP contribution is -2.32. The van der Waals surface area contributed by atoms with Crippen LogP contribution in [0.15, 0.2) is 0 Å². The standard InChI is InChI=1S/C11H18N4O4/c1-5-14(7-9(16)19-6-2)11-10(15(17)18)8(3)12-13(11)4/h5-7H2,1-4H3. The molecule has 8 nitrogen and oxygen atoms in total. The molecule has 0 N–H and O–H groups in total. The molecule has 0 radical (unpaired) electrons. The topological polar surface area (TPSA) is 90.5 Å². The number of nitro groups is 1. The fraction of sp³-hybridized carbons (Fsp3) is 0.636. The molecule has 0 amide bonds. The molecule has 1 aromatic rings. The summed E-state index contributed by atoms with van der Waals surface area (Å²) in [7, 11) is 1.61. The minimum absolute atomic E-state index is 0.0375. The van der Waals surface area contributed by atoms with Gasteiger partial charge in [-0.25, -0.2) is 4.68 Å². The van der Waals surface area contributed by atoms with E-state index < -0.39 is 10.9 Å². The van der Waals surface area contributed by atoms with E-state index in [-0.39, 0.29) is 18.8 Å². The van der Waals surface area contributed by atoms with Crippen LogP contribution < -0.4 is 4.90 Å². The molecule has 8 heteroatoms. The van der Waals surface area contributed by atoms with E-state index in [1.54, 1.807) is 25.8 Å². The van der Waals surface area contributed by atoms with Gasteiger partial charge in [-0.1, -0.05) is 0 Å². The first-order valence-corrected chi connectivity index (χ1v) is 6.00. The van der Waals surface area contributed by atoms with Crippen molar-refractivity contribution in [3.63, 3.8) is 0 Å². The first-order chi connectivity index (χ1) is 8.92. The van der Waals surface area contributed by atoms with Crippen molar-refractivity contribution in [2.24, 2.45) is 7.05 Å². The van der Waals surface area contributed by atoms with E-state index in [0.29, 0.717) is 18.1 Å². The van der Waals surface area contributed by atoms with E-state index in [9.17, 15) is 14.9 Å². The maximum absolute atomic E-state index is 11.5. The van der Waals surface area contributed by atoms with Crippen molar-refractivity contribution in [1.82, 2.24) is 9.78 Å². The number of anilines is 1. The second-order valence-electron chi connectivity index (χ2n) is 3.96. The molecule has 0 fully saturated rings. The van der Waals surface area contributed by atoms with Crippen LogP contribution in [-0.4, -0.2) is 40.4 Å². The number of aryl methyl sites for hydroxylation is 2.